The monoisotopic (exact) mass is 858 g/mol. The van der Waals surface area contributed by atoms with E-state index in [2.05, 4.69) is 55.6 Å². The lowest BCUT2D eigenvalue weighted by Gasteiger charge is -2.22. The van der Waals surface area contributed by atoms with Crippen LogP contribution in [-0.4, -0.2) is 47.4 Å². The minimum atomic E-state index is -0.675. The van der Waals surface area contributed by atoms with Gasteiger partial charge in [-0.05, 0) is 77.0 Å². The van der Waals surface area contributed by atoms with Crippen LogP contribution in [0.2, 0.25) is 0 Å². The van der Waals surface area contributed by atoms with Crippen molar-refractivity contribution in [2.75, 3.05) is 13.2 Å². The molecule has 0 aromatic carbocycles. The third-order valence-electron chi connectivity index (χ3n) is 12.1. The number of nitrogens with one attached hydrogen (secondary N) is 1. The normalized spacial score (nSPS) is 12.9. The van der Waals surface area contributed by atoms with E-state index < -0.39 is 12.1 Å². The van der Waals surface area contributed by atoms with Crippen molar-refractivity contribution in [3.8, 4) is 0 Å². The van der Waals surface area contributed by atoms with E-state index in [0.717, 1.165) is 83.5 Å². The molecule has 6 nitrogen and oxygen atoms in total. The number of carbonyl (C=O) groups excluding carboxylic acids is 2. The van der Waals surface area contributed by atoms with Gasteiger partial charge in [0, 0.05) is 12.8 Å². The summed E-state index contributed by atoms with van der Waals surface area (Å²) in [7, 11) is 0. The van der Waals surface area contributed by atoms with E-state index in [1.54, 1.807) is 0 Å². The number of ether oxygens (including phenoxy) is 1. The summed E-state index contributed by atoms with van der Waals surface area (Å²) in [6, 6.07) is -0.553. The molecule has 6 heteroatoms. The van der Waals surface area contributed by atoms with Crippen molar-refractivity contribution in [1.82, 2.24) is 5.32 Å². The minimum Gasteiger partial charge on any atom is -0.466 e. The maximum atomic E-state index is 12.5. The van der Waals surface area contributed by atoms with E-state index in [0.29, 0.717) is 25.9 Å². The van der Waals surface area contributed by atoms with Gasteiger partial charge in [-0.25, -0.2) is 0 Å². The summed E-state index contributed by atoms with van der Waals surface area (Å²) in [5, 5.41) is 23.2. The molecule has 1 amide bonds. The largest absolute Gasteiger partial charge is 0.466 e. The smallest absolute Gasteiger partial charge is 0.305 e. The van der Waals surface area contributed by atoms with Crippen LogP contribution in [-0.2, 0) is 14.3 Å². The molecule has 0 radical (unpaired) electrons. The lowest BCUT2D eigenvalue weighted by atomic mass is 10.0. The predicted molar refractivity (Wildman–Crippen MR) is 264 cm³/mol. The quantitative estimate of drug-likeness (QED) is 0.0322. The molecule has 358 valence electrons. The standard InChI is InChI=1S/C55H103NO5/c1-3-5-7-9-11-13-15-17-18-20-24-27-31-35-39-43-47-53(58)52(51-57)56-54(59)48-44-40-36-32-28-25-21-19-22-26-30-34-38-42-46-50-61-55(60)49-45-41-37-33-29-23-16-14-12-10-8-6-4-2/h8,10,14,16,22,26,52-53,57-58H,3-7,9,11-13,15,17-21,23-25,27-51H2,1-2H3,(H,56,59)/b10-8-,16-14-,26-22-. The Balaban J connectivity index is 3.49. The molecule has 0 aliphatic heterocycles. The van der Waals surface area contributed by atoms with Crippen molar-refractivity contribution >= 4 is 11.9 Å². The van der Waals surface area contributed by atoms with E-state index in [-0.39, 0.29) is 18.5 Å². The third-order valence-corrected chi connectivity index (χ3v) is 12.1. The van der Waals surface area contributed by atoms with Gasteiger partial charge in [0.2, 0.25) is 5.91 Å². The summed E-state index contributed by atoms with van der Waals surface area (Å²) >= 11 is 0. The summed E-state index contributed by atoms with van der Waals surface area (Å²) in [5.41, 5.74) is 0. The molecular formula is C55H103NO5. The Morgan fingerprint density at radius 2 is 0.852 bits per heavy atom. The van der Waals surface area contributed by atoms with Gasteiger partial charge in [0.1, 0.15) is 0 Å². The van der Waals surface area contributed by atoms with Crippen LogP contribution in [0, 0.1) is 0 Å². The van der Waals surface area contributed by atoms with Gasteiger partial charge in [0.15, 0.2) is 0 Å². The molecule has 0 rings (SSSR count). The first-order valence-electron chi connectivity index (χ1n) is 26.7. The molecule has 61 heavy (non-hydrogen) atoms. The van der Waals surface area contributed by atoms with Crippen LogP contribution in [0.1, 0.15) is 277 Å². The highest BCUT2D eigenvalue weighted by Gasteiger charge is 2.20. The summed E-state index contributed by atoms with van der Waals surface area (Å²) < 4.78 is 5.44. The van der Waals surface area contributed by atoms with E-state index in [1.807, 2.05) is 0 Å². The maximum absolute atomic E-state index is 12.5. The molecule has 0 saturated carbocycles. The fourth-order valence-corrected chi connectivity index (χ4v) is 8.02. The molecule has 0 aliphatic carbocycles. The number of amides is 1. The second kappa shape index (κ2) is 50.7. The first kappa shape index (κ1) is 59.1. The van der Waals surface area contributed by atoms with Crippen molar-refractivity contribution in [2.45, 2.75) is 289 Å². The van der Waals surface area contributed by atoms with Gasteiger partial charge in [-0.2, -0.15) is 0 Å². The van der Waals surface area contributed by atoms with E-state index in [1.165, 1.54) is 161 Å². The zero-order chi connectivity index (χ0) is 44.4. The number of unbranched alkanes of at least 4 members (excludes halogenated alkanes) is 32. The molecule has 0 fully saturated rings. The number of aliphatic hydroxyl groups excluding tert-OH is 2. The van der Waals surface area contributed by atoms with E-state index in [9.17, 15) is 19.8 Å². The van der Waals surface area contributed by atoms with Gasteiger partial charge in [0.25, 0.3) is 0 Å². The number of hydrogen-bond acceptors (Lipinski definition) is 5. The Morgan fingerprint density at radius 1 is 0.459 bits per heavy atom. The maximum Gasteiger partial charge on any atom is 0.305 e. The van der Waals surface area contributed by atoms with E-state index in [4.69, 9.17) is 4.74 Å². The summed E-state index contributed by atoms with van der Waals surface area (Å²) in [6.07, 6.45) is 61.1. The lowest BCUT2D eigenvalue weighted by Crippen LogP contribution is -2.45. The first-order chi connectivity index (χ1) is 30.0. The number of hydrogen-bond donors (Lipinski definition) is 3. The number of aliphatic hydroxyl groups is 2. The van der Waals surface area contributed by atoms with Gasteiger partial charge in [-0.15, -0.1) is 0 Å². The SMILES string of the molecule is CCC/C=C\C/C=C\CCCCCCCC(=O)OCCCCCC/C=C\CCCCCCCCCC(=O)NC(CO)C(O)CCCCCCCCCCCCCCCCCC. The minimum absolute atomic E-state index is 0.0257. The van der Waals surface area contributed by atoms with Gasteiger partial charge in [-0.1, -0.05) is 224 Å². The van der Waals surface area contributed by atoms with Crippen LogP contribution in [0.5, 0.6) is 0 Å². The third kappa shape index (κ3) is 47.4. The highest BCUT2D eigenvalue weighted by atomic mass is 16.5. The number of allylic oxidation sites excluding steroid dienone is 6. The summed E-state index contributed by atoms with van der Waals surface area (Å²) in [4.78, 5) is 24.5. The van der Waals surface area contributed by atoms with Crippen LogP contribution >= 0.6 is 0 Å². The Bertz CT molecular complexity index is 993. The molecule has 0 saturated heterocycles. The Kier molecular flexibility index (Phi) is 49.1. The fraction of sp³-hybridized carbons (Fsp3) is 0.855. The fourth-order valence-electron chi connectivity index (χ4n) is 8.02. The number of carbonyl (C=O) groups is 2. The molecule has 0 spiro atoms. The topological polar surface area (TPSA) is 95.9 Å². The molecule has 3 N–H and O–H groups in total. The molecule has 2 atom stereocenters. The van der Waals surface area contributed by atoms with E-state index >= 15 is 0 Å². The van der Waals surface area contributed by atoms with Crippen LogP contribution in [0.3, 0.4) is 0 Å². The molecule has 2 unspecified atom stereocenters. The number of rotatable bonds is 49. The van der Waals surface area contributed by atoms with Gasteiger partial charge in [-0.3, -0.25) is 9.59 Å². The highest BCUT2D eigenvalue weighted by Crippen LogP contribution is 2.16. The Labute approximate surface area is 379 Å². The second-order valence-corrected chi connectivity index (χ2v) is 18.2. The van der Waals surface area contributed by atoms with Gasteiger partial charge >= 0.3 is 5.97 Å². The Morgan fingerprint density at radius 3 is 1.33 bits per heavy atom. The predicted octanol–water partition coefficient (Wildman–Crippen LogP) is 16.1. The van der Waals surface area contributed by atoms with Crippen molar-refractivity contribution in [3.05, 3.63) is 36.5 Å². The van der Waals surface area contributed by atoms with Crippen molar-refractivity contribution in [3.63, 3.8) is 0 Å². The van der Waals surface area contributed by atoms with Crippen molar-refractivity contribution in [2.24, 2.45) is 0 Å². The van der Waals surface area contributed by atoms with Crippen LogP contribution in [0.25, 0.3) is 0 Å². The van der Waals surface area contributed by atoms with Crippen LogP contribution in [0.4, 0.5) is 0 Å². The van der Waals surface area contributed by atoms with Gasteiger partial charge < -0.3 is 20.3 Å². The zero-order valence-corrected chi connectivity index (χ0v) is 40.6. The average Bonchev–Trinajstić information content (AvgIpc) is 3.26. The van der Waals surface area contributed by atoms with Crippen LogP contribution < -0.4 is 5.32 Å². The molecule has 0 aromatic rings. The molecule has 0 heterocycles. The Hall–Kier alpha value is -1.92. The molecule has 0 aromatic heterocycles. The molecular weight excluding hydrogens is 755 g/mol. The highest BCUT2D eigenvalue weighted by molar-refractivity contribution is 5.76. The first-order valence-corrected chi connectivity index (χ1v) is 26.7. The zero-order valence-electron chi connectivity index (χ0n) is 40.6. The average molecular weight is 858 g/mol. The molecule has 0 bridgehead atoms. The van der Waals surface area contributed by atoms with Gasteiger partial charge in [0.05, 0.1) is 25.4 Å². The molecule has 0 aliphatic rings. The summed E-state index contributed by atoms with van der Waals surface area (Å²) in [6.45, 7) is 4.85. The lowest BCUT2D eigenvalue weighted by molar-refractivity contribution is -0.143. The van der Waals surface area contributed by atoms with Crippen LogP contribution in [0.15, 0.2) is 36.5 Å². The number of esters is 1. The van der Waals surface area contributed by atoms with Crippen molar-refractivity contribution in [1.29, 1.82) is 0 Å². The van der Waals surface area contributed by atoms with Crippen molar-refractivity contribution < 1.29 is 24.5 Å². The second-order valence-electron chi connectivity index (χ2n) is 18.2. The summed E-state index contributed by atoms with van der Waals surface area (Å²) in [5.74, 6) is -0.0761.